The molecule has 6 atom stereocenters. The first-order valence-electron chi connectivity index (χ1n) is 19.9. The molecule has 4 aromatic rings. The second-order valence-electron chi connectivity index (χ2n) is 16.1. The third-order valence-electron chi connectivity index (χ3n) is 12.6. The van der Waals surface area contributed by atoms with Crippen LogP contribution in [0, 0.1) is 23.7 Å². The van der Waals surface area contributed by atoms with Gasteiger partial charge in [-0.1, -0.05) is 55.2 Å². The lowest BCUT2D eigenvalue weighted by atomic mass is 9.57. The van der Waals surface area contributed by atoms with Crippen molar-refractivity contribution < 1.29 is 24.4 Å². The number of aliphatic hydroxyl groups is 1. The van der Waals surface area contributed by atoms with Crippen molar-refractivity contribution in [1.82, 2.24) is 9.88 Å². The van der Waals surface area contributed by atoms with Gasteiger partial charge in [0.25, 0.3) is 0 Å². The number of dihydropyridines is 1. The average molecular weight is 726 g/mol. The lowest BCUT2D eigenvalue weighted by Crippen LogP contribution is -2.47. The standard InChI is InChI=1S/C46H51N3O5/c1-29-5-4-7-38-23-37(50)15-10-30-11-16-42(51)43(19-30)54-26-34-21-36(46-17-18-52-27-35(46)14-13-31-6-2-3-8-41(31)46)20-33-24-49(25-39(33)34)45-40(28-53-38)32(12-9-29)22-44(47)48-45/h2-3,6,8,11,16,19-22,24-25,29,35,37-38,44,48,50-51H,4-5,7,10,13-15,17-18,23,26-28,47H2,1H3. The number of phenolic OH excluding ortho intramolecular Hbond substituents is 1. The minimum absolute atomic E-state index is 0.104. The van der Waals surface area contributed by atoms with Gasteiger partial charge in [0.05, 0.1) is 31.6 Å². The van der Waals surface area contributed by atoms with Crippen LogP contribution >= 0.6 is 0 Å². The molecule has 0 spiro atoms. The van der Waals surface area contributed by atoms with Crippen LogP contribution in [0.5, 0.6) is 11.5 Å². The molecule has 1 saturated heterocycles. The fourth-order valence-electron chi connectivity index (χ4n) is 9.69. The molecule has 8 heteroatoms. The Kier molecular flexibility index (Phi) is 9.53. The summed E-state index contributed by atoms with van der Waals surface area (Å²) in [5, 5.41) is 28.0. The summed E-state index contributed by atoms with van der Waals surface area (Å²) in [4.78, 5) is 0. The molecule has 280 valence electrons. The summed E-state index contributed by atoms with van der Waals surface area (Å²) in [6.07, 6.45) is 12.9. The molecule has 5 heterocycles. The van der Waals surface area contributed by atoms with E-state index in [1.165, 1.54) is 16.7 Å². The quantitative estimate of drug-likeness (QED) is 0.155. The van der Waals surface area contributed by atoms with Crippen LogP contribution < -0.4 is 15.8 Å². The van der Waals surface area contributed by atoms with Gasteiger partial charge in [-0.05, 0) is 116 Å². The van der Waals surface area contributed by atoms with Gasteiger partial charge in [-0.25, -0.2) is 0 Å². The number of benzene rings is 3. The number of phenols is 1. The molecule has 0 radical (unpaired) electrons. The zero-order valence-electron chi connectivity index (χ0n) is 31.2. The van der Waals surface area contributed by atoms with Gasteiger partial charge in [0.2, 0.25) is 0 Å². The Morgan fingerprint density at radius 2 is 1.89 bits per heavy atom. The predicted molar refractivity (Wildman–Crippen MR) is 211 cm³/mol. The van der Waals surface area contributed by atoms with Crippen molar-refractivity contribution in [2.45, 2.75) is 95.1 Å². The first-order chi connectivity index (χ1) is 26.3. The van der Waals surface area contributed by atoms with Crippen LogP contribution in [0.4, 0.5) is 0 Å². The monoisotopic (exact) mass is 725 g/mol. The zero-order valence-corrected chi connectivity index (χ0v) is 31.2. The highest BCUT2D eigenvalue weighted by Gasteiger charge is 2.47. The fraction of sp³-hybridized carbons (Fsp3) is 0.435. The molecule has 6 unspecified atom stereocenters. The fourth-order valence-corrected chi connectivity index (χ4v) is 9.69. The molecule has 8 nitrogen and oxygen atoms in total. The molecule has 5 aliphatic rings. The highest BCUT2D eigenvalue weighted by molar-refractivity contribution is 5.88. The highest BCUT2D eigenvalue weighted by atomic mass is 16.5. The summed E-state index contributed by atoms with van der Waals surface area (Å²) < 4.78 is 21.6. The maximum Gasteiger partial charge on any atom is 0.161 e. The SMILES string of the molecule is CC1C#CC2=CC(N)NC3=C2COC(CCC1)CC(O)CCc1ccc(O)c(c1)OCc1cc(C24CCOCC2CCc2ccccc24)cc2cn3cc12. The number of aromatic hydroxyl groups is 1. The molecular weight excluding hydrogens is 675 g/mol. The minimum Gasteiger partial charge on any atom is -0.504 e. The van der Waals surface area contributed by atoms with E-state index < -0.39 is 12.3 Å². The van der Waals surface area contributed by atoms with Gasteiger partial charge in [0, 0.05) is 52.3 Å². The normalized spacial score (nSPS) is 28.6. The Hall–Kier alpha value is -4.52. The van der Waals surface area contributed by atoms with Crippen LogP contribution in [0.3, 0.4) is 0 Å². The van der Waals surface area contributed by atoms with Crippen LogP contribution in [0.1, 0.15) is 79.7 Å². The number of nitrogens with zero attached hydrogens (tertiary/aromatic N) is 1. The number of aromatic nitrogens is 1. The molecule has 6 bridgehead atoms. The van der Waals surface area contributed by atoms with Crippen LogP contribution in [-0.4, -0.2) is 53.0 Å². The minimum atomic E-state index is -0.534. The Labute approximate surface area is 318 Å². The van der Waals surface area contributed by atoms with E-state index in [9.17, 15) is 10.2 Å². The second kappa shape index (κ2) is 14.6. The largest absolute Gasteiger partial charge is 0.504 e. The van der Waals surface area contributed by atoms with Crippen LogP contribution in [-0.2, 0) is 34.3 Å². The maximum absolute atomic E-state index is 11.3. The number of aryl methyl sites for hydroxylation is 2. The van der Waals surface area contributed by atoms with Crippen LogP contribution in [0.25, 0.3) is 16.6 Å². The van der Waals surface area contributed by atoms with Gasteiger partial charge in [-0.2, -0.15) is 0 Å². The summed E-state index contributed by atoms with van der Waals surface area (Å²) >= 11 is 0. The first-order valence-corrected chi connectivity index (χ1v) is 19.9. The molecule has 0 saturated carbocycles. The molecule has 1 aromatic heterocycles. The molecule has 54 heavy (non-hydrogen) atoms. The lowest BCUT2D eigenvalue weighted by molar-refractivity contribution is 0.00498. The number of nitrogens with one attached hydrogen (secondary N) is 1. The summed E-state index contributed by atoms with van der Waals surface area (Å²) in [7, 11) is 0. The summed E-state index contributed by atoms with van der Waals surface area (Å²) in [6.45, 7) is 4.24. The molecule has 0 amide bonds. The van der Waals surface area contributed by atoms with E-state index in [0.29, 0.717) is 44.1 Å². The molecule has 1 aliphatic carbocycles. The highest BCUT2D eigenvalue weighted by Crippen LogP contribution is 2.52. The van der Waals surface area contributed by atoms with Gasteiger partial charge < -0.3 is 40.0 Å². The maximum atomic E-state index is 11.3. The van der Waals surface area contributed by atoms with Crippen LogP contribution in [0.2, 0.25) is 0 Å². The number of hydrogen-bond donors (Lipinski definition) is 4. The molecule has 4 aliphatic heterocycles. The van der Waals surface area contributed by atoms with Gasteiger partial charge in [-0.15, -0.1) is 0 Å². The number of aliphatic hydroxyl groups excluding tert-OH is 1. The van der Waals surface area contributed by atoms with Gasteiger partial charge in [0.15, 0.2) is 11.5 Å². The molecule has 9 rings (SSSR count). The van der Waals surface area contributed by atoms with Gasteiger partial charge >= 0.3 is 0 Å². The van der Waals surface area contributed by atoms with E-state index in [1.807, 2.05) is 18.2 Å². The van der Waals surface area contributed by atoms with E-state index in [1.54, 1.807) is 6.07 Å². The van der Waals surface area contributed by atoms with E-state index in [2.05, 4.69) is 77.4 Å². The number of rotatable bonds is 1. The second-order valence-corrected chi connectivity index (χ2v) is 16.1. The summed E-state index contributed by atoms with van der Waals surface area (Å²) in [6, 6.07) is 19.2. The topological polar surface area (TPSA) is 111 Å². The third-order valence-corrected chi connectivity index (χ3v) is 12.6. The average Bonchev–Trinajstić information content (AvgIpc) is 3.61. The molecule has 3 aromatic carbocycles. The number of ether oxygens (including phenoxy) is 3. The van der Waals surface area contributed by atoms with Gasteiger partial charge in [-0.3, -0.25) is 0 Å². The van der Waals surface area contributed by atoms with Crippen molar-refractivity contribution in [3.05, 3.63) is 112 Å². The lowest BCUT2D eigenvalue weighted by Gasteiger charge is -2.49. The smallest absolute Gasteiger partial charge is 0.161 e. The van der Waals surface area contributed by atoms with Crippen molar-refractivity contribution in [3.8, 4) is 23.3 Å². The number of nitrogens with two attached hydrogens (primary N) is 1. The molecule has 1 fully saturated rings. The Bertz CT molecular complexity index is 2190. The Morgan fingerprint density at radius 1 is 0.981 bits per heavy atom. The van der Waals surface area contributed by atoms with E-state index in [0.717, 1.165) is 84.0 Å². The number of fused-ring (bicyclic) bond motifs is 9. The van der Waals surface area contributed by atoms with Crippen molar-refractivity contribution >= 4 is 16.6 Å². The zero-order chi connectivity index (χ0) is 36.8. The number of hydrogen-bond acceptors (Lipinski definition) is 7. The van der Waals surface area contributed by atoms with Crippen molar-refractivity contribution in [3.63, 3.8) is 0 Å². The van der Waals surface area contributed by atoms with Crippen molar-refractivity contribution in [2.24, 2.45) is 17.6 Å². The van der Waals surface area contributed by atoms with Crippen LogP contribution in [0.15, 0.2) is 84.2 Å². The Balaban J connectivity index is 1.24. The van der Waals surface area contributed by atoms with Crippen molar-refractivity contribution in [2.75, 3.05) is 19.8 Å². The van der Waals surface area contributed by atoms with E-state index in [4.69, 9.17) is 19.9 Å². The third kappa shape index (κ3) is 6.62. The van der Waals surface area contributed by atoms with E-state index in [-0.39, 0.29) is 29.8 Å². The first kappa shape index (κ1) is 35.2. The molecule has 5 N–H and O–H groups in total. The summed E-state index contributed by atoms with van der Waals surface area (Å²) in [5.74, 6) is 8.97. The van der Waals surface area contributed by atoms with Gasteiger partial charge in [0.1, 0.15) is 12.4 Å². The molecular formula is C46H51N3O5. The Morgan fingerprint density at radius 3 is 2.81 bits per heavy atom. The summed E-state index contributed by atoms with van der Waals surface area (Å²) in [5.41, 5.74) is 14.5. The van der Waals surface area contributed by atoms with Crippen molar-refractivity contribution in [1.29, 1.82) is 0 Å². The predicted octanol–water partition coefficient (Wildman–Crippen LogP) is 7.08. The van der Waals surface area contributed by atoms with E-state index >= 15 is 0 Å².